The Balaban J connectivity index is 1.34. The highest BCUT2D eigenvalue weighted by Gasteiger charge is 2.51. The van der Waals surface area contributed by atoms with Gasteiger partial charge >= 0.3 is 0 Å². The molecule has 2 heterocycles. The molecule has 1 aromatic rings. The van der Waals surface area contributed by atoms with Crippen molar-refractivity contribution < 1.29 is 13.2 Å². The Labute approximate surface area is 188 Å². The number of hydrogen-bond acceptors (Lipinski definition) is 4. The van der Waals surface area contributed by atoms with Crippen LogP contribution in [0.1, 0.15) is 74.6 Å². The van der Waals surface area contributed by atoms with Crippen molar-refractivity contribution in [3.63, 3.8) is 0 Å². The molecule has 4 bridgehead atoms. The summed E-state index contributed by atoms with van der Waals surface area (Å²) in [6, 6.07) is 3.11. The van der Waals surface area contributed by atoms with Gasteiger partial charge in [0.1, 0.15) is 10.7 Å². The predicted molar refractivity (Wildman–Crippen MR) is 120 cm³/mol. The van der Waals surface area contributed by atoms with E-state index in [9.17, 15) is 13.2 Å². The summed E-state index contributed by atoms with van der Waals surface area (Å²) in [4.78, 5) is 15.4. The van der Waals surface area contributed by atoms with Gasteiger partial charge in [0.2, 0.25) is 0 Å². The monoisotopic (exact) mass is 461 g/mol. The Morgan fingerprint density at radius 1 is 1.06 bits per heavy atom. The molecule has 1 N–H and O–H groups in total. The first-order chi connectivity index (χ1) is 14.8. The lowest BCUT2D eigenvalue weighted by molar-refractivity contribution is -0.0167. The summed E-state index contributed by atoms with van der Waals surface area (Å²) in [6.45, 7) is 0.719. The molecule has 4 aliphatic carbocycles. The highest BCUT2D eigenvalue weighted by molar-refractivity contribution is 7.90. The zero-order chi connectivity index (χ0) is 21.4. The van der Waals surface area contributed by atoms with Gasteiger partial charge in [-0.1, -0.05) is 18.0 Å². The average Bonchev–Trinajstić information content (AvgIpc) is 2.91. The molecule has 31 heavy (non-hydrogen) atoms. The largest absolute Gasteiger partial charge is 0.347 e. The second-order valence-corrected chi connectivity index (χ2v) is 12.4. The maximum absolute atomic E-state index is 13.3. The van der Waals surface area contributed by atoms with E-state index in [1.165, 1.54) is 25.3 Å². The van der Waals surface area contributed by atoms with Gasteiger partial charge in [0.05, 0.1) is 16.3 Å². The Morgan fingerprint density at radius 3 is 2.42 bits per heavy atom. The quantitative estimate of drug-likeness (QED) is 0.702. The lowest BCUT2D eigenvalue weighted by Crippen LogP contribution is -2.59. The third kappa shape index (κ3) is 3.30. The molecule has 1 aromatic carbocycles. The maximum atomic E-state index is 13.3. The number of anilines is 1. The zero-order valence-electron chi connectivity index (χ0n) is 17.6. The van der Waals surface area contributed by atoms with Crippen LogP contribution in [-0.4, -0.2) is 32.2 Å². The summed E-state index contributed by atoms with van der Waals surface area (Å²) in [5, 5.41) is 3.62. The van der Waals surface area contributed by atoms with Crippen molar-refractivity contribution in [3.05, 3.63) is 22.7 Å². The van der Waals surface area contributed by atoms with Gasteiger partial charge in [0.25, 0.3) is 15.9 Å². The van der Waals surface area contributed by atoms with Crippen molar-refractivity contribution in [1.29, 1.82) is 0 Å². The van der Waals surface area contributed by atoms with E-state index < -0.39 is 10.0 Å². The molecule has 6 aliphatic rings. The van der Waals surface area contributed by atoms with Gasteiger partial charge in [-0.2, -0.15) is 8.42 Å². The molecule has 1 amide bonds. The first-order valence-corrected chi connectivity index (χ1v) is 13.4. The molecule has 1 saturated heterocycles. The van der Waals surface area contributed by atoms with Crippen LogP contribution in [0.4, 0.5) is 5.69 Å². The fourth-order valence-corrected chi connectivity index (χ4v) is 8.75. The molecular formula is C23H28ClN3O3S. The number of carbonyl (C=O) groups is 1. The SMILES string of the molecule is O=C(NC12CC3CC(CC(C3)C1)C2)c1cc2c(cc1Cl)N1CCCCCC1=NS2(=O)=O. The minimum atomic E-state index is -3.85. The molecule has 166 valence electrons. The molecule has 8 heteroatoms. The number of carbonyl (C=O) groups excluding carboxylic acids is 1. The third-order valence-electron chi connectivity index (χ3n) is 8.10. The lowest BCUT2D eigenvalue weighted by atomic mass is 9.53. The van der Waals surface area contributed by atoms with Crippen LogP contribution < -0.4 is 10.2 Å². The Bertz CT molecular complexity index is 1060. The summed E-state index contributed by atoms with van der Waals surface area (Å²) in [7, 11) is -3.85. The number of amidine groups is 1. The number of sulfonamides is 1. The van der Waals surface area contributed by atoms with Crippen molar-refractivity contribution >= 4 is 39.1 Å². The van der Waals surface area contributed by atoms with Crippen LogP contribution in [0.3, 0.4) is 0 Å². The van der Waals surface area contributed by atoms with Gasteiger partial charge in [0.15, 0.2) is 0 Å². The fourth-order valence-electron chi connectivity index (χ4n) is 7.24. The fraction of sp³-hybridized carbons (Fsp3) is 0.652. The third-order valence-corrected chi connectivity index (χ3v) is 9.74. The van der Waals surface area contributed by atoms with E-state index in [1.807, 2.05) is 4.90 Å². The van der Waals surface area contributed by atoms with Crippen molar-refractivity contribution in [2.45, 2.75) is 74.6 Å². The molecule has 5 fully saturated rings. The number of fused-ring (bicyclic) bond motifs is 3. The van der Waals surface area contributed by atoms with Crippen LogP contribution in [0, 0.1) is 17.8 Å². The molecule has 0 unspecified atom stereocenters. The summed E-state index contributed by atoms with van der Waals surface area (Å²) < 4.78 is 30.0. The predicted octanol–water partition coefficient (Wildman–Crippen LogP) is 4.52. The molecule has 0 radical (unpaired) electrons. The van der Waals surface area contributed by atoms with Crippen molar-refractivity contribution in [3.8, 4) is 0 Å². The molecular weight excluding hydrogens is 434 g/mol. The van der Waals surface area contributed by atoms with E-state index in [0.29, 0.717) is 40.7 Å². The number of rotatable bonds is 2. The first-order valence-electron chi connectivity index (χ1n) is 11.6. The summed E-state index contributed by atoms with van der Waals surface area (Å²) in [6.07, 6.45) is 10.6. The Morgan fingerprint density at radius 2 is 1.74 bits per heavy atom. The molecule has 2 aliphatic heterocycles. The highest BCUT2D eigenvalue weighted by Crippen LogP contribution is 2.55. The summed E-state index contributed by atoms with van der Waals surface area (Å²) in [5.41, 5.74) is 0.650. The minimum absolute atomic E-state index is 0.0956. The second kappa shape index (κ2) is 6.95. The van der Waals surface area contributed by atoms with Crippen LogP contribution in [-0.2, 0) is 10.0 Å². The number of hydrogen-bond donors (Lipinski definition) is 1. The smallest absolute Gasteiger partial charge is 0.286 e. The van der Waals surface area contributed by atoms with Crippen LogP contribution in [0.25, 0.3) is 0 Å². The van der Waals surface area contributed by atoms with Crippen molar-refractivity contribution in [1.82, 2.24) is 5.32 Å². The maximum Gasteiger partial charge on any atom is 0.286 e. The molecule has 0 spiro atoms. The molecule has 0 aromatic heterocycles. The Hall–Kier alpha value is -1.60. The molecule has 7 rings (SSSR count). The topological polar surface area (TPSA) is 78.8 Å². The molecule has 0 atom stereocenters. The standard InChI is InChI=1S/C23H28ClN3O3S/c24-18-10-19-20(31(29,30)26-21-4-2-1-3-5-27(19)21)9-17(18)22(28)25-23-11-14-6-15(12-23)8-16(7-14)13-23/h9-10,14-16H,1-8,11-13H2,(H,25,28). The van der Waals surface area contributed by atoms with E-state index in [2.05, 4.69) is 9.71 Å². The minimum Gasteiger partial charge on any atom is -0.347 e. The highest BCUT2D eigenvalue weighted by atomic mass is 35.5. The first kappa shape index (κ1) is 20.0. The summed E-state index contributed by atoms with van der Waals surface area (Å²) in [5.74, 6) is 2.47. The van der Waals surface area contributed by atoms with E-state index in [-0.39, 0.29) is 21.9 Å². The van der Waals surface area contributed by atoms with Gasteiger partial charge in [-0.15, -0.1) is 4.40 Å². The lowest BCUT2D eigenvalue weighted by Gasteiger charge is -2.56. The van der Waals surface area contributed by atoms with Crippen LogP contribution in [0.15, 0.2) is 21.4 Å². The normalized spacial score (nSPS) is 35.1. The van der Waals surface area contributed by atoms with E-state index in [1.54, 1.807) is 6.07 Å². The summed E-state index contributed by atoms with van der Waals surface area (Å²) >= 11 is 6.59. The van der Waals surface area contributed by atoms with Crippen LogP contribution >= 0.6 is 11.6 Å². The number of nitrogens with zero attached hydrogens (tertiary/aromatic N) is 2. The van der Waals surface area contributed by atoms with E-state index in [0.717, 1.165) is 45.1 Å². The second-order valence-electron chi connectivity index (χ2n) is 10.4. The number of halogens is 1. The van der Waals surface area contributed by atoms with E-state index in [4.69, 9.17) is 11.6 Å². The number of nitrogens with one attached hydrogen (secondary N) is 1. The number of benzene rings is 1. The van der Waals surface area contributed by atoms with Gasteiger partial charge in [-0.25, -0.2) is 0 Å². The van der Waals surface area contributed by atoms with Gasteiger partial charge < -0.3 is 10.2 Å². The van der Waals surface area contributed by atoms with Crippen LogP contribution in [0.2, 0.25) is 5.02 Å². The Kier molecular flexibility index (Phi) is 4.49. The molecule has 4 saturated carbocycles. The van der Waals surface area contributed by atoms with Gasteiger partial charge in [-0.05, 0) is 81.3 Å². The van der Waals surface area contributed by atoms with Gasteiger partial charge in [-0.3, -0.25) is 4.79 Å². The zero-order valence-corrected chi connectivity index (χ0v) is 19.1. The van der Waals surface area contributed by atoms with E-state index >= 15 is 0 Å². The van der Waals surface area contributed by atoms with Crippen molar-refractivity contribution in [2.24, 2.45) is 22.2 Å². The van der Waals surface area contributed by atoms with Crippen molar-refractivity contribution in [2.75, 3.05) is 11.4 Å². The number of amides is 1. The van der Waals surface area contributed by atoms with Gasteiger partial charge in [0, 0.05) is 18.5 Å². The molecule has 6 nitrogen and oxygen atoms in total. The average molecular weight is 462 g/mol. The van der Waals surface area contributed by atoms with Crippen LogP contribution in [0.5, 0.6) is 0 Å².